The monoisotopic (exact) mass is 403 g/mol. The highest BCUT2D eigenvalue weighted by Crippen LogP contribution is 2.29. The van der Waals surface area contributed by atoms with Gasteiger partial charge in [-0.05, 0) is 48.5 Å². The maximum Gasteiger partial charge on any atom is 0.257 e. The van der Waals surface area contributed by atoms with Gasteiger partial charge in [-0.25, -0.2) is 4.98 Å². The Kier molecular flexibility index (Phi) is 5.22. The van der Waals surface area contributed by atoms with Gasteiger partial charge in [0, 0.05) is 16.8 Å². The molecule has 7 heteroatoms. The number of hydrogen-bond donors (Lipinski definition) is 2. The number of benzene rings is 3. The van der Waals surface area contributed by atoms with E-state index in [0.29, 0.717) is 27.7 Å². The van der Waals surface area contributed by atoms with Crippen molar-refractivity contribution in [3.05, 3.63) is 83.9 Å². The molecule has 0 unspecified atom stereocenters. The normalized spacial score (nSPS) is 10.5. The van der Waals surface area contributed by atoms with Crippen LogP contribution in [0.5, 0.6) is 5.75 Å². The maximum atomic E-state index is 12.5. The molecule has 0 bridgehead atoms. The molecule has 0 saturated carbocycles. The molecular weight excluding hydrogens is 386 g/mol. The van der Waals surface area contributed by atoms with Crippen LogP contribution in [0.15, 0.2) is 72.8 Å². The third-order valence-electron chi connectivity index (χ3n) is 4.23. The van der Waals surface area contributed by atoms with Gasteiger partial charge in [0.2, 0.25) is 0 Å². The predicted octanol–water partition coefficient (Wildman–Crippen LogP) is 4.81. The SMILES string of the molecule is COc1cccc(C(=O)Nc2ccc3nc(NC(=O)c4ccccc4)sc3c2)c1. The number of hydrogen-bond acceptors (Lipinski definition) is 5. The Morgan fingerprint density at radius 3 is 2.41 bits per heavy atom. The number of amides is 2. The number of ether oxygens (including phenoxy) is 1. The van der Waals surface area contributed by atoms with Gasteiger partial charge in [0.1, 0.15) is 5.75 Å². The van der Waals surface area contributed by atoms with Gasteiger partial charge in [-0.1, -0.05) is 35.6 Å². The second-order valence-corrected chi connectivity index (χ2v) is 7.24. The van der Waals surface area contributed by atoms with Gasteiger partial charge in [-0.3, -0.25) is 14.9 Å². The van der Waals surface area contributed by atoms with Crippen molar-refractivity contribution in [3.63, 3.8) is 0 Å². The van der Waals surface area contributed by atoms with Crippen LogP contribution >= 0.6 is 11.3 Å². The lowest BCUT2D eigenvalue weighted by Gasteiger charge is -2.06. The number of carbonyl (C=O) groups is 2. The highest BCUT2D eigenvalue weighted by molar-refractivity contribution is 7.22. The highest BCUT2D eigenvalue weighted by Gasteiger charge is 2.12. The molecule has 0 radical (unpaired) electrons. The molecule has 0 aliphatic heterocycles. The Hall–Kier alpha value is -3.71. The van der Waals surface area contributed by atoms with E-state index in [2.05, 4.69) is 15.6 Å². The van der Waals surface area contributed by atoms with Crippen molar-refractivity contribution in [3.8, 4) is 5.75 Å². The first-order valence-electron chi connectivity index (χ1n) is 8.85. The van der Waals surface area contributed by atoms with Crippen molar-refractivity contribution in [1.29, 1.82) is 0 Å². The van der Waals surface area contributed by atoms with Crippen LogP contribution in [-0.2, 0) is 0 Å². The van der Waals surface area contributed by atoms with Gasteiger partial charge in [0.15, 0.2) is 5.13 Å². The summed E-state index contributed by atoms with van der Waals surface area (Å²) < 4.78 is 6.02. The minimum atomic E-state index is -0.231. The van der Waals surface area contributed by atoms with E-state index in [-0.39, 0.29) is 11.8 Å². The van der Waals surface area contributed by atoms with Gasteiger partial charge in [0.05, 0.1) is 17.3 Å². The average molecular weight is 403 g/mol. The fourth-order valence-electron chi connectivity index (χ4n) is 2.78. The van der Waals surface area contributed by atoms with Crippen LogP contribution in [-0.4, -0.2) is 23.9 Å². The molecule has 0 spiro atoms. The van der Waals surface area contributed by atoms with E-state index in [1.807, 2.05) is 30.3 Å². The lowest BCUT2D eigenvalue weighted by molar-refractivity contribution is 0.101. The molecule has 1 aromatic heterocycles. The maximum absolute atomic E-state index is 12.5. The Labute approximate surface area is 171 Å². The van der Waals surface area contributed by atoms with Crippen LogP contribution in [0.25, 0.3) is 10.2 Å². The van der Waals surface area contributed by atoms with Gasteiger partial charge < -0.3 is 10.1 Å². The number of nitrogens with one attached hydrogen (secondary N) is 2. The number of methoxy groups -OCH3 is 1. The Morgan fingerprint density at radius 2 is 1.62 bits per heavy atom. The Balaban J connectivity index is 1.51. The molecule has 2 N–H and O–H groups in total. The van der Waals surface area contributed by atoms with E-state index in [0.717, 1.165) is 10.2 Å². The van der Waals surface area contributed by atoms with Crippen LogP contribution in [0, 0.1) is 0 Å². The van der Waals surface area contributed by atoms with E-state index < -0.39 is 0 Å². The number of thiazole rings is 1. The van der Waals surface area contributed by atoms with Crippen molar-refractivity contribution in [2.75, 3.05) is 17.7 Å². The largest absolute Gasteiger partial charge is 0.497 e. The zero-order valence-electron chi connectivity index (χ0n) is 15.5. The van der Waals surface area contributed by atoms with Crippen LogP contribution in [0.4, 0.5) is 10.8 Å². The zero-order valence-corrected chi connectivity index (χ0v) is 16.3. The molecule has 4 aromatic rings. The third kappa shape index (κ3) is 4.25. The number of nitrogens with zero attached hydrogens (tertiary/aromatic N) is 1. The molecule has 1 heterocycles. The molecule has 0 atom stereocenters. The van der Waals surface area contributed by atoms with Crippen molar-refractivity contribution in [1.82, 2.24) is 4.98 Å². The summed E-state index contributed by atoms with van der Waals surface area (Å²) in [7, 11) is 1.56. The first kappa shape index (κ1) is 18.6. The fraction of sp³-hybridized carbons (Fsp3) is 0.0455. The summed E-state index contributed by atoms with van der Waals surface area (Å²) in [6.45, 7) is 0. The summed E-state index contributed by atoms with van der Waals surface area (Å²) in [6.07, 6.45) is 0. The van der Waals surface area contributed by atoms with Crippen LogP contribution in [0.3, 0.4) is 0 Å². The van der Waals surface area contributed by atoms with Gasteiger partial charge in [0.25, 0.3) is 11.8 Å². The number of aromatic nitrogens is 1. The van der Waals surface area contributed by atoms with Crippen LogP contribution in [0.2, 0.25) is 0 Å². The van der Waals surface area contributed by atoms with E-state index >= 15 is 0 Å². The molecule has 0 fully saturated rings. The van der Waals surface area contributed by atoms with E-state index in [9.17, 15) is 9.59 Å². The number of rotatable bonds is 5. The van der Waals surface area contributed by atoms with Crippen LogP contribution < -0.4 is 15.4 Å². The van der Waals surface area contributed by atoms with Crippen LogP contribution in [0.1, 0.15) is 20.7 Å². The van der Waals surface area contributed by atoms with E-state index in [4.69, 9.17) is 4.74 Å². The third-order valence-corrected chi connectivity index (χ3v) is 5.17. The Morgan fingerprint density at radius 1 is 0.862 bits per heavy atom. The molecule has 0 saturated heterocycles. The first-order chi connectivity index (χ1) is 14.1. The van der Waals surface area contributed by atoms with E-state index in [1.165, 1.54) is 11.3 Å². The Bertz CT molecular complexity index is 1190. The van der Waals surface area contributed by atoms with Gasteiger partial charge in [-0.15, -0.1) is 0 Å². The predicted molar refractivity (Wildman–Crippen MR) is 115 cm³/mol. The van der Waals surface area contributed by atoms with Gasteiger partial charge >= 0.3 is 0 Å². The number of anilines is 2. The fourth-order valence-corrected chi connectivity index (χ4v) is 3.68. The summed E-state index contributed by atoms with van der Waals surface area (Å²) in [4.78, 5) is 29.2. The summed E-state index contributed by atoms with van der Waals surface area (Å²) in [5, 5.41) is 6.19. The number of carbonyl (C=O) groups excluding carboxylic acids is 2. The minimum Gasteiger partial charge on any atom is -0.497 e. The molecule has 29 heavy (non-hydrogen) atoms. The van der Waals surface area contributed by atoms with Crippen molar-refractivity contribution < 1.29 is 14.3 Å². The molecule has 4 rings (SSSR count). The lowest BCUT2D eigenvalue weighted by atomic mass is 10.2. The molecule has 6 nitrogen and oxygen atoms in total. The zero-order chi connectivity index (χ0) is 20.2. The molecule has 0 aliphatic carbocycles. The molecule has 0 aliphatic rings. The molecule has 144 valence electrons. The highest BCUT2D eigenvalue weighted by atomic mass is 32.1. The summed E-state index contributed by atoms with van der Waals surface area (Å²) >= 11 is 1.35. The quantitative estimate of drug-likeness (QED) is 0.501. The topological polar surface area (TPSA) is 80.3 Å². The second-order valence-electron chi connectivity index (χ2n) is 6.21. The minimum absolute atomic E-state index is 0.212. The molecule has 3 aromatic carbocycles. The smallest absolute Gasteiger partial charge is 0.257 e. The van der Waals surface area contributed by atoms with E-state index in [1.54, 1.807) is 49.6 Å². The van der Waals surface area contributed by atoms with Crippen molar-refractivity contribution in [2.24, 2.45) is 0 Å². The second kappa shape index (κ2) is 8.12. The number of fused-ring (bicyclic) bond motifs is 1. The summed E-state index contributed by atoms with van der Waals surface area (Å²) in [5.41, 5.74) is 2.47. The molecule has 2 amide bonds. The average Bonchev–Trinajstić information content (AvgIpc) is 3.15. The summed E-state index contributed by atoms with van der Waals surface area (Å²) in [6, 6.07) is 21.3. The van der Waals surface area contributed by atoms with Crippen molar-refractivity contribution in [2.45, 2.75) is 0 Å². The van der Waals surface area contributed by atoms with Crippen molar-refractivity contribution >= 4 is 44.2 Å². The summed E-state index contributed by atoms with van der Waals surface area (Å²) in [5.74, 6) is 0.177. The lowest BCUT2D eigenvalue weighted by Crippen LogP contribution is -2.11. The molecular formula is C22H17N3O3S. The van der Waals surface area contributed by atoms with Gasteiger partial charge in [-0.2, -0.15) is 0 Å². The standard InChI is InChI=1S/C22H17N3O3S/c1-28-17-9-5-8-15(12-17)21(27)23-16-10-11-18-19(13-16)29-22(24-18)25-20(26)14-6-3-2-4-7-14/h2-13H,1H3,(H,23,27)(H,24,25,26). The first-order valence-corrected chi connectivity index (χ1v) is 9.66.